The third kappa shape index (κ3) is 5.56. The summed E-state index contributed by atoms with van der Waals surface area (Å²) in [5.41, 5.74) is 1.01. The zero-order valence-corrected chi connectivity index (χ0v) is 15.9. The van der Waals surface area contributed by atoms with Gasteiger partial charge in [-0.05, 0) is 18.2 Å². The highest BCUT2D eigenvalue weighted by Crippen LogP contribution is 2.23. The van der Waals surface area contributed by atoms with Crippen LogP contribution in [0.15, 0.2) is 18.2 Å². The molecule has 0 bridgehead atoms. The topological polar surface area (TPSA) is 79.9 Å². The Hall–Kier alpha value is -1.38. The summed E-state index contributed by atoms with van der Waals surface area (Å²) in [6.07, 6.45) is 0.325. The van der Waals surface area contributed by atoms with Gasteiger partial charge in [0.1, 0.15) is 0 Å². The van der Waals surface area contributed by atoms with Gasteiger partial charge in [0.2, 0.25) is 5.91 Å². The van der Waals surface area contributed by atoms with Gasteiger partial charge in [-0.1, -0.05) is 11.6 Å². The molecule has 2 aliphatic heterocycles. The predicted octanol–water partition coefficient (Wildman–Crippen LogP) is 1.55. The Bertz CT molecular complexity index is 632. The smallest absolute Gasteiger partial charge is 0.255 e. The number of benzene rings is 1. The van der Waals surface area contributed by atoms with Gasteiger partial charge in [-0.25, -0.2) is 0 Å². The molecule has 0 saturated carbocycles. The standard InChI is InChI=1S/C17H22ClN3O4.ClH/c18-15-9-12(20-16(22)10-13-11-25-6-3-19-13)1-2-14(15)17(23)21-4-7-24-8-5-21;/h1-2,9,13,19H,3-8,10-11H2,(H,20,22);1H. The van der Waals surface area contributed by atoms with E-state index in [4.69, 9.17) is 21.1 Å². The Morgan fingerprint density at radius 1 is 1.23 bits per heavy atom. The van der Waals surface area contributed by atoms with Crippen molar-refractivity contribution in [1.29, 1.82) is 0 Å². The maximum absolute atomic E-state index is 12.5. The molecule has 1 aromatic rings. The Morgan fingerprint density at radius 2 is 2.00 bits per heavy atom. The number of rotatable bonds is 4. The number of hydrogen-bond acceptors (Lipinski definition) is 5. The number of hydrogen-bond donors (Lipinski definition) is 2. The second-order valence-corrected chi connectivity index (χ2v) is 6.48. The van der Waals surface area contributed by atoms with Crippen molar-refractivity contribution < 1.29 is 19.1 Å². The Morgan fingerprint density at radius 3 is 2.65 bits per heavy atom. The maximum Gasteiger partial charge on any atom is 0.255 e. The summed E-state index contributed by atoms with van der Waals surface area (Å²) < 4.78 is 10.6. The molecule has 3 rings (SSSR count). The third-order valence-corrected chi connectivity index (χ3v) is 4.52. The van der Waals surface area contributed by atoms with E-state index in [0.29, 0.717) is 62.2 Å². The molecule has 2 saturated heterocycles. The summed E-state index contributed by atoms with van der Waals surface area (Å²) in [4.78, 5) is 26.3. The first kappa shape index (κ1) is 20.9. The van der Waals surface area contributed by atoms with Crippen LogP contribution in [0, 0.1) is 0 Å². The minimum Gasteiger partial charge on any atom is -0.378 e. The van der Waals surface area contributed by atoms with E-state index in [-0.39, 0.29) is 30.3 Å². The highest BCUT2D eigenvalue weighted by molar-refractivity contribution is 6.34. The fourth-order valence-electron chi connectivity index (χ4n) is 2.89. The number of nitrogens with zero attached hydrogens (tertiary/aromatic N) is 1. The lowest BCUT2D eigenvalue weighted by Gasteiger charge is -2.27. The number of carbonyl (C=O) groups excluding carboxylic acids is 2. The van der Waals surface area contributed by atoms with Crippen LogP contribution in [0.5, 0.6) is 0 Å². The van der Waals surface area contributed by atoms with E-state index >= 15 is 0 Å². The van der Waals surface area contributed by atoms with Crippen molar-refractivity contribution in [2.45, 2.75) is 12.5 Å². The molecule has 0 spiro atoms. The normalized spacial score (nSPS) is 20.2. The third-order valence-electron chi connectivity index (χ3n) is 4.21. The van der Waals surface area contributed by atoms with Gasteiger partial charge in [0, 0.05) is 37.8 Å². The number of carbonyl (C=O) groups is 2. The van der Waals surface area contributed by atoms with E-state index in [1.807, 2.05) is 0 Å². The van der Waals surface area contributed by atoms with Crippen LogP contribution in [0.3, 0.4) is 0 Å². The molecule has 2 heterocycles. The second kappa shape index (κ2) is 10.1. The highest BCUT2D eigenvalue weighted by atomic mass is 35.5. The number of halogens is 2. The monoisotopic (exact) mass is 403 g/mol. The maximum atomic E-state index is 12.5. The summed E-state index contributed by atoms with van der Waals surface area (Å²) in [6, 6.07) is 4.98. The number of amides is 2. The second-order valence-electron chi connectivity index (χ2n) is 6.08. The summed E-state index contributed by atoms with van der Waals surface area (Å²) in [5, 5.41) is 6.37. The van der Waals surface area contributed by atoms with E-state index in [2.05, 4.69) is 10.6 Å². The molecule has 7 nitrogen and oxygen atoms in total. The molecule has 0 radical (unpaired) electrons. The molecule has 2 N–H and O–H groups in total. The van der Waals surface area contributed by atoms with Crippen LogP contribution < -0.4 is 10.6 Å². The molecule has 0 aliphatic carbocycles. The summed E-state index contributed by atoms with van der Waals surface area (Å²) >= 11 is 6.26. The van der Waals surface area contributed by atoms with Gasteiger partial charge >= 0.3 is 0 Å². The van der Waals surface area contributed by atoms with Crippen LogP contribution in [0.4, 0.5) is 5.69 Å². The lowest BCUT2D eigenvalue weighted by atomic mass is 10.1. The first-order valence-corrected chi connectivity index (χ1v) is 8.79. The largest absolute Gasteiger partial charge is 0.378 e. The molecule has 1 atom stereocenters. The first-order valence-electron chi connectivity index (χ1n) is 8.41. The first-order chi connectivity index (χ1) is 12.1. The minimum atomic E-state index is -0.119. The van der Waals surface area contributed by atoms with Crippen LogP contribution >= 0.6 is 24.0 Å². The predicted molar refractivity (Wildman–Crippen MR) is 101 cm³/mol. The highest BCUT2D eigenvalue weighted by Gasteiger charge is 2.21. The van der Waals surface area contributed by atoms with Gasteiger partial charge in [0.05, 0.1) is 37.0 Å². The van der Waals surface area contributed by atoms with Gasteiger partial charge in [0.15, 0.2) is 0 Å². The van der Waals surface area contributed by atoms with Crippen LogP contribution in [0.25, 0.3) is 0 Å². The van der Waals surface area contributed by atoms with E-state index in [9.17, 15) is 9.59 Å². The number of anilines is 1. The lowest BCUT2D eigenvalue weighted by Crippen LogP contribution is -2.43. The SMILES string of the molecule is Cl.O=C(CC1COCCN1)Nc1ccc(C(=O)N2CCOCC2)c(Cl)c1. The van der Waals surface area contributed by atoms with Crippen LogP contribution in [0.2, 0.25) is 5.02 Å². The molecule has 26 heavy (non-hydrogen) atoms. The fraction of sp³-hybridized carbons (Fsp3) is 0.529. The molecular formula is C17H23Cl2N3O4. The number of morpholine rings is 2. The van der Waals surface area contributed by atoms with Crippen molar-refractivity contribution in [1.82, 2.24) is 10.2 Å². The number of nitrogens with one attached hydrogen (secondary N) is 2. The average Bonchev–Trinajstić information content (AvgIpc) is 2.63. The summed E-state index contributed by atoms with van der Waals surface area (Å²) in [6.45, 7) is 4.15. The van der Waals surface area contributed by atoms with Gasteiger partial charge < -0.3 is 25.0 Å². The Balaban J connectivity index is 0.00000243. The molecule has 2 fully saturated rings. The molecule has 2 amide bonds. The zero-order chi connectivity index (χ0) is 17.6. The van der Waals surface area contributed by atoms with Gasteiger partial charge in [0.25, 0.3) is 5.91 Å². The molecule has 0 aromatic heterocycles. The Kier molecular flexibility index (Phi) is 8.12. The van der Waals surface area contributed by atoms with E-state index < -0.39 is 0 Å². The van der Waals surface area contributed by atoms with Crippen molar-refractivity contribution in [3.05, 3.63) is 28.8 Å². The molecule has 144 valence electrons. The van der Waals surface area contributed by atoms with Gasteiger partial charge in [-0.3, -0.25) is 9.59 Å². The van der Waals surface area contributed by atoms with Crippen molar-refractivity contribution in [2.24, 2.45) is 0 Å². The van der Waals surface area contributed by atoms with E-state index in [0.717, 1.165) is 6.54 Å². The van der Waals surface area contributed by atoms with Crippen molar-refractivity contribution in [3.63, 3.8) is 0 Å². The zero-order valence-electron chi connectivity index (χ0n) is 14.3. The van der Waals surface area contributed by atoms with Crippen molar-refractivity contribution in [2.75, 3.05) is 51.4 Å². The molecule has 9 heteroatoms. The average molecular weight is 404 g/mol. The lowest BCUT2D eigenvalue weighted by molar-refractivity contribution is -0.117. The van der Waals surface area contributed by atoms with Crippen molar-refractivity contribution >= 4 is 41.5 Å². The van der Waals surface area contributed by atoms with E-state index in [1.165, 1.54) is 0 Å². The van der Waals surface area contributed by atoms with Crippen molar-refractivity contribution in [3.8, 4) is 0 Å². The molecule has 2 aliphatic rings. The van der Waals surface area contributed by atoms with Crippen LogP contribution in [-0.4, -0.2) is 68.8 Å². The van der Waals surface area contributed by atoms with Crippen LogP contribution in [0.1, 0.15) is 16.8 Å². The van der Waals surface area contributed by atoms with E-state index in [1.54, 1.807) is 23.1 Å². The Labute approximate surface area is 163 Å². The molecule has 1 aromatic carbocycles. The molecular weight excluding hydrogens is 381 g/mol. The summed E-state index contributed by atoms with van der Waals surface area (Å²) in [5.74, 6) is -0.235. The minimum absolute atomic E-state index is 0. The fourth-order valence-corrected chi connectivity index (χ4v) is 3.15. The number of ether oxygens (including phenoxy) is 2. The van der Waals surface area contributed by atoms with Crippen LogP contribution in [-0.2, 0) is 14.3 Å². The van der Waals surface area contributed by atoms with Gasteiger partial charge in [-0.15, -0.1) is 12.4 Å². The van der Waals surface area contributed by atoms with Gasteiger partial charge in [-0.2, -0.15) is 0 Å². The quantitative estimate of drug-likeness (QED) is 0.796. The summed E-state index contributed by atoms with van der Waals surface area (Å²) in [7, 11) is 0. The molecule has 1 unspecified atom stereocenters.